The number of amides is 1. The Morgan fingerprint density at radius 1 is 0.971 bits per heavy atom. The summed E-state index contributed by atoms with van der Waals surface area (Å²) in [6.45, 7) is 2.81. The second-order valence-corrected chi connectivity index (χ2v) is 8.70. The van der Waals surface area contributed by atoms with Crippen LogP contribution in [0, 0.1) is 11.6 Å². The number of carbonyl (C=O) groups excluding carboxylic acids is 1. The van der Waals surface area contributed by atoms with Crippen molar-refractivity contribution in [2.75, 3.05) is 6.54 Å². The third-order valence-corrected chi connectivity index (χ3v) is 5.95. The summed E-state index contributed by atoms with van der Waals surface area (Å²) in [5, 5.41) is 17.4. The van der Waals surface area contributed by atoms with Gasteiger partial charge in [0.1, 0.15) is 11.6 Å². The molecule has 180 valence electrons. The molecule has 3 N–H and O–H groups in total. The van der Waals surface area contributed by atoms with Crippen LogP contribution >= 0.6 is 11.6 Å². The van der Waals surface area contributed by atoms with Crippen LogP contribution in [0.1, 0.15) is 29.2 Å². The van der Waals surface area contributed by atoms with Gasteiger partial charge in [-0.05, 0) is 53.3 Å². The van der Waals surface area contributed by atoms with Crippen LogP contribution in [0.15, 0.2) is 66.7 Å². The van der Waals surface area contributed by atoms with Crippen molar-refractivity contribution in [1.29, 1.82) is 0 Å². The Balaban J connectivity index is 1.67. The van der Waals surface area contributed by atoms with Gasteiger partial charge in [-0.25, -0.2) is 8.78 Å². The Bertz CT molecular complexity index is 1090. The second kappa shape index (κ2) is 12.6. The number of benzene rings is 3. The minimum absolute atomic E-state index is 0.0254. The van der Waals surface area contributed by atoms with E-state index in [9.17, 15) is 18.7 Å². The highest BCUT2D eigenvalue weighted by Gasteiger charge is 2.23. The van der Waals surface area contributed by atoms with E-state index in [1.165, 1.54) is 17.7 Å². The number of aliphatic hydroxyl groups is 1. The molecule has 0 aliphatic heterocycles. The van der Waals surface area contributed by atoms with E-state index in [2.05, 4.69) is 29.7 Å². The fourth-order valence-electron chi connectivity index (χ4n) is 3.80. The van der Waals surface area contributed by atoms with Crippen molar-refractivity contribution >= 4 is 17.5 Å². The minimum Gasteiger partial charge on any atom is -0.390 e. The summed E-state index contributed by atoms with van der Waals surface area (Å²) in [6.07, 6.45) is 0.0328. The van der Waals surface area contributed by atoms with Crippen molar-refractivity contribution in [1.82, 2.24) is 10.6 Å². The highest BCUT2D eigenvalue weighted by molar-refractivity contribution is 6.31. The quantitative estimate of drug-likeness (QED) is 0.371. The highest BCUT2D eigenvalue weighted by Crippen LogP contribution is 2.16. The first kappa shape index (κ1) is 25.8. The predicted octanol–water partition coefficient (Wildman–Crippen LogP) is 4.60. The van der Waals surface area contributed by atoms with Gasteiger partial charge in [-0.3, -0.25) is 4.79 Å². The van der Waals surface area contributed by atoms with Gasteiger partial charge in [0.2, 0.25) is 5.91 Å². The fourth-order valence-corrected chi connectivity index (χ4v) is 4.01. The molecule has 0 bridgehead atoms. The zero-order chi connectivity index (χ0) is 24.5. The summed E-state index contributed by atoms with van der Waals surface area (Å²) in [7, 11) is 0. The minimum atomic E-state index is -0.990. The third-order valence-electron chi connectivity index (χ3n) is 5.58. The predicted molar refractivity (Wildman–Crippen MR) is 131 cm³/mol. The van der Waals surface area contributed by atoms with Crippen LogP contribution in [-0.2, 0) is 30.6 Å². The number of hydrogen-bond acceptors (Lipinski definition) is 3. The molecule has 0 aliphatic rings. The molecular formula is C27H29ClF2N2O2. The van der Waals surface area contributed by atoms with Crippen molar-refractivity contribution in [2.45, 2.75) is 44.9 Å². The maximum absolute atomic E-state index is 13.7. The molecule has 0 saturated heterocycles. The highest BCUT2D eigenvalue weighted by atomic mass is 35.5. The van der Waals surface area contributed by atoms with Crippen LogP contribution in [0.3, 0.4) is 0 Å². The molecule has 34 heavy (non-hydrogen) atoms. The molecule has 3 rings (SSSR count). The first-order valence-corrected chi connectivity index (χ1v) is 11.7. The summed E-state index contributed by atoms with van der Waals surface area (Å²) >= 11 is 6.16. The maximum atomic E-state index is 13.7. The summed E-state index contributed by atoms with van der Waals surface area (Å²) in [5.41, 5.74) is 3.30. The first-order chi connectivity index (χ1) is 16.3. The number of hydrogen-bond donors (Lipinski definition) is 3. The van der Waals surface area contributed by atoms with Gasteiger partial charge >= 0.3 is 0 Å². The molecule has 1 amide bonds. The average molecular weight is 487 g/mol. The van der Waals surface area contributed by atoms with E-state index >= 15 is 0 Å². The van der Waals surface area contributed by atoms with Crippen molar-refractivity contribution in [3.8, 4) is 0 Å². The van der Waals surface area contributed by atoms with E-state index in [4.69, 9.17) is 11.6 Å². The van der Waals surface area contributed by atoms with Crippen LogP contribution in [0.2, 0.25) is 5.02 Å². The van der Waals surface area contributed by atoms with E-state index in [0.29, 0.717) is 22.7 Å². The first-order valence-electron chi connectivity index (χ1n) is 11.3. The summed E-state index contributed by atoms with van der Waals surface area (Å²) in [6, 6.07) is 17.6. The lowest BCUT2D eigenvalue weighted by atomic mass is 10.00. The lowest BCUT2D eigenvalue weighted by Crippen LogP contribution is -2.49. The monoisotopic (exact) mass is 486 g/mol. The average Bonchev–Trinajstić information content (AvgIpc) is 2.79. The standard InChI is InChI=1S/C27H29ClF2N2O2/c1-2-18-6-5-7-19(10-18)16-31-17-26(33)25(13-20-11-22(29)15-23(30)12-20)32-27(34)14-21-8-3-4-9-24(21)28/h3-12,15,25-26,31,33H,2,13-14,16-17H2,1H3,(H,32,34)/t25-,26-/m0/s1. The number of halogens is 3. The topological polar surface area (TPSA) is 61.4 Å². The largest absolute Gasteiger partial charge is 0.390 e. The van der Waals surface area contributed by atoms with Crippen LogP contribution in [0.5, 0.6) is 0 Å². The Kier molecular flexibility index (Phi) is 9.57. The van der Waals surface area contributed by atoms with E-state index < -0.39 is 23.8 Å². The summed E-state index contributed by atoms with van der Waals surface area (Å²) < 4.78 is 27.4. The molecule has 0 radical (unpaired) electrons. The molecule has 0 spiro atoms. The van der Waals surface area contributed by atoms with Crippen LogP contribution in [0.25, 0.3) is 0 Å². The number of nitrogens with one attached hydrogen (secondary N) is 2. The molecule has 0 heterocycles. The molecule has 0 aliphatic carbocycles. The van der Waals surface area contributed by atoms with E-state index in [1.54, 1.807) is 24.3 Å². The van der Waals surface area contributed by atoms with E-state index in [-0.39, 0.29) is 25.3 Å². The van der Waals surface area contributed by atoms with Crippen molar-refractivity contribution in [3.05, 3.63) is 106 Å². The third kappa shape index (κ3) is 7.90. The summed E-state index contributed by atoms with van der Waals surface area (Å²) in [5.74, 6) is -1.76. The Morgan fingerprint density at radius 2 is 1.68 bits per heavy atom. The van der Waals surface area contributed by atoms with Gasteiger partial charge < -0.3 is 15.7 Å². The number of aliphatic hydroxyl groups excluding tert-OH is 1. The van der Waals surface area contributed by atoms with Crippen molar-refractivity contribution in [2.24, 2.45) is 0 Å². The lowest BCUT2D eigenvalue weighted by molar-refractivity contribution is -0.122. The molecule has 0 fully saturated rings. The number of rotatable bonds is 11. The molecule has 4 nitrogen and oxygen atoms in total. The van der Waals surface area contributed by atoms with Gasteiger partial charge in [-0.1, -0.05) is 61.0 Å². The van der Waals surface area contributed by atoms with Crippen LogP contribution < -0.4 is 10.6 Å². The SMILES string of the molecule is CCc1cccc(CNC[C@H](O)[C@H](Cc2cc(F)cc(F)c2)NC(=O)Cc2ccccc2Cl)c1. The van der Waals surface area contributed by atoms with Gasteiger partial charge in [-0.15, -0.1) is 0 Å². The summed E-state index contributed by atoms with van der Waals surface area (Å²) in [4.78, 5) is 12.7. The second-order valence-electron chi connectivity index (χ2n) is 8.30. The van der Waals surface area contributed by atoms with Gasteiger partial charge in [0.25, 0.3) is 0 Å². The smallest absolute Gasteiger partial charge is 0.224 e. The fraction of sp³-hybridized carbons (Fsp3) is 0.296. The van der Waals surface area contributed by atoms with Crippen molar-refractivity contribution < 1.29 is 18.7 Å². The zero-order valence-electron chi connectivity index (χ0n) is 19.0. The molecule has 3 aromatic rings. The van der Waals surface area contributed by atoms with Gasteiger partial charge in [-0.2, -0.15) is 0 Å². The Morgan fingerprint density at radius 3 is 2.38 bits per heavy atom. The van der Waals surface area contributed by atoms with Gasteiger partial charge in [0.05, 0.1) is 18.6 Å². The maximum Gasteiger partial charge on any atom is 0.224 e. The molecule has 2 atom stereocenters. The normalized spacial score (nSPS) is 12.9. The van der Waals surface area contributed by atoms with E-state index in [1.807, 2.05) is 12.1 Å². The zero-order valence-corrected chi connectivity index (χ0v) is 19.8. The molecular weight excluding hydrogens is 458 g/mol. The Labute approximate surface area is 204 Å². The molecule has 0 unspecified atom stereocenters. The molecule has 3 aromatic carbocycles. The Hall–Kier alpha value is -2.80. The van der Waals surface area contributed by atoms with Gasteiger partial charge in [0, 0.05) is 24.2 Å². The van der Waals surface area contributed by atoms with Crippen molar-refractivity contribution in [3.63, 3.8) is 0 Å². The molecule has 0 aromatic heterocycles. The number of carbonyl (C=O) groups is 1. The van der Waals surface area contributed by atoms with Gasteiger partial charge in [0.15, 0.2) is 0 Å². The lowest BCUT2D eigenvalue weighted by Gasteiger charge is -2.25. The van der Waals surface area contributed by atoms with Crippen LogP contribution in [0.4, 0.5) is 8.78 Å². The van der Waals surface area contributed by atoms with E-state index in [0.717, 1.165) is 18.1 Å². The molecule has 7 heteroatoms. The number of aryl methyl sites for hydroxylation is 1. The molecule has 0 saturated carbocycles. The van der Waals surface area contributed by atoms with Crippen LogP contribution in [-0.4, -0.2) is 29.7 Å².